The molecule has 0 amide bonds. The summed E-state index contributed by atoms with van der Waals surface area (Å²) in [7, 11) is 0. The molecule has 0 saturated carbocycles. The van der Waals surface area contributed by atoms with Gasteiger partial charge in [-0.05, 0) is 35.7 Å². The maximum absolute atomic E-state index is 13.6. The molecule has 0 saturated heterocycles. The van der Waals surface area contributed by atoms with Crippen LogP contribution in [0.15, 0.2) is 42.5 Å². The first-order valence-corrected chi connectivity index (χ1v) is 6.20. The van der Waals surface area contributed by atoms with Crippen molar-refractivity contribution in [3.8, 4) is 5.75 Å². The van der Waals surface area contributed by atoms with Crippen molar-refractivity contribution in [2.24, 2.45) is 5.73 Å². The highest BCUT2D eigenvalue weighted by atomic mass is 19.3. The number of benzene rings is 2. The van der Waals surface area contributed by atoms with Gasteiger partial charge in [0.05, 0.1) is 0 Å². The second-order valence-corrected chi connectivity index (χ2v) is 4.50. The molecular formula is C15H13F4NO. The Labute approximate surface area is 119 Å². The molecule has 0 aromatic heterocycles. The summed E-state index contributed by atoms with van der Waals surface area (Å²) in [5.41, 5.74) is 6.71. The summed E-state index contributed by atoms with van der Waals surface area (Å²) in [5, 5.41) is 0. The van der Waals surface area contributed by atoms with Gasteiger partial charge in [0.25, 0.3) is 0 Å². The van der Waals surface area contributed by atoms with Gasteiger partial charge in [0.1, 0.15) is 17.4 Å². The van der Waals surface area contributed by atoms with Crippen molar-refractivity contribution >= 4 is 0 Å². The van der Waals surface area contributed by atoms with Crippen LogP contribution in [0, 0.1) is 11.6 Å². The van der Waals surface area contributed by atoms with E-state index in [-0.39, 0.29) is 17.7 Å². The first-order chi connectivity index (χ1) is 9.95. The average Bonchev–Trinajstić information content (AvgIpc) is 2.41. The van der Waals surface area contributed by atoms with Gasteiger partial charge in [-0.25, -0.2) is 8.78 Å². The lowest BCUT2D eigenvalue weighted by atomic mass is 9.99. The first kappa shape index (κ1) is 15.3. The maximum atomic E-state index is 13.6. The van der Waals surface area contributed by atoms with Gasteiger partial charge in [0, 0.05) is 12.1 Å². The third-order valence-corrected chi connectivity index (χ3v) is 2.97. The lowest BCUT2D eigenvalue weighted by Crippen LogP contribution is -2.14. The molecule has 1 unspecified atom stereocenters. The van der Waals surface area contributed by atoms with Crippen LogP contribution in [-0.4, -0.2) is 6.61 Å². The molecule has 6 heteroatoms. The first-order valence-electron chi connectivity index (χ1n) is 6.20. The Morgan fingerprint density at radius 2 is 1.81 bits per heavy atom. The topological polar surface area (TPSA) is 35.2 Å². The van der Waals surface area contributed by atoms with Crippen molar-refractivity contribution in [2.75, 3.05) is 0 Å². The Kier molecular flexibility index (Phi) is 4.80. The molecular weight excluding hydrogens is 286 g/mol. The van der Waals surface area contributed by atoms with E-state index in [0.29, 0.717) is 5.56 Å². The normalized spacial score (nSPS) is 12.5. The molecule has 0 fully saturated rings. The Morgan fingerprint density at radius 3 is 2.48 bits per heavy atom. The second kappa shape index (κ2) is 6.58. The zero-order chi connectivity index (χ0) is 15.4. The van der Waals surface area contributed by atoms with Gasteiger partial charge in [-0.3, -0.25) is 0 Å². The molecule has 2 N–H and O–H groups in total. The minimum Gasteiger partial charge on any atom is -0.435 e. The summed E-state index contributed by atoms with van der Waals surface area (Å²) in [6, 6.07) is 8.51. The van der Waals surface area contributed by atoms with Gasteiger partial charge in [-0.15, -0.1) is 0 Å². The van der Waals surface area contributed by atoms with Crippen LogP contribution in [0.5, 0.6) is 5.75 Å². The number of ether oxygens (including phenoxy) is 1. The van der Waals surface area contributed by atoms with Gasteiger partial charge < -0.3 is 10.5 Å². The van der Waals surface area contributed by atoms with Crippen LogP contribution in [0.1, 0.15) is 17.2 Å². The largest absolute Gasteiger partial charge is 0.435 e. The maximum Gasteiger partial charge on any atom is 0.387 e. The van der Waals surface area contributed by atoms with Crippen LogP contribution in [0.3, 0.4) is 0 Å². The van der Waals surface area contributed by atoms with E-state index in [1.807, 2.05) is 0 Å². The van der Waals surface area contributed by atoms with Gasteiger partial charge in [-0.2, -0.15) is 8.78 Å². The van der Waals surface area contributed by atoms with Crippen LogP contribution >= 0.6 is 0 Å². The molecule has 21 heavy (non-hydrogen) atoms. The highest BCUT2D eigenvalue weighted by molar-refractivity contribution is 5.32. The van der Waals surface area contributed by atoms with E-state index in [1.54, 1.807) is 6.07 Å². The van der Waals surface area contributed by atoms with E-state index in [9.17, 15) is 17.6 Å². The standard InChI is InChI=1S/C15H13F4NO/c16-11-5-4-9(13(17)8-11)7-14(20)10-2-1-3-12(6-10)21-15(18)19/h1-6,8,14-15H,7,20H2. The molecule has 0 bridgehead atoms. The molecule has 0 radical (unpaired) electrons. The van der Waals surface area contributed by atoms with Crippen LogP contribution in [0.2, 0.25) is 0 Å². The van der Waals surface area contributed by atoms with Gasteiger partial charge in [-0.1, -0.05) is 18.2 Å². The monoisotopic (exact) mass is 299 g/mol. The van der Waals surface area contributed by atoms with E-state index < -0.39 is 24.3 Å². The van der Waals surface area contributed by atoms with Crippen molar-refractivity contribution in [3.05, 3.63) is 65.2 Å². The van der Waals surface area contributed by atoms with Crippen molar-refractivity contribution in [1.82, 2.24) is 0 Å². The summed E-state index contributed by atoms with van der Waals surface area (Å²) in [6.07, 6.45) is 0.115. The number of rotatable bonds is 5. The van der Waals surface area contributed by atoms with E-state index in [1.165, 1.54) is 24.3 Å². The van der Waals surface area contributed by atoms with Gasteiger partial charge >= 0.3 is 6.61 Å². The van der Waals surface area contributed by atoms with Crippen LogP contribution < -0.4 is 10.5 Å². The van der Waals surface area contributed by atoms with Crippen molar-refractivity contribution in [2.45, 2.75) is 19.1 Å². The van der Waals surface area contributed by atoms with Crippen molar-refractivity contribution in [3.63, 3.8) is 0 Å². The number of hydrogen-bond acceptors (Lipinski definition) is 2. The Morgan fingerprint density at radius 1 is 1.05 bits per heavy atom. The number of nitrogens with two attached hydrogens (primary N) is 1. The lowest BCUT2D eigenvalue weighted by Gasteiger charge is -2.14. The summed E-state index contributed by atoms with van der Waals surface area (Å²) in [5.74, 6) is -1.37. The molecule has 112 valence electrons. The number of alkyl halides is 2. The fraction of sp³-hybridized carbons (Fsp3) is 0.200. The molecule has 2 aromatic rings. The van der Waals surface area contributed by atoms with Crippen LogP contribution in [0.4, 0.5) is 17.6 Å². The second-order valence-electron chi connectivity index (χ2n) is 4.50. The van der Waals surface area contributed by atoms with Gasteiger partial charge in [0.2, 0.25) is 0 Å². The quantitative estimate of drug-likeness (QED) is 0.852. The smallest absolute Gasteiger partial charge is 0.387 e. The van der Waals surface area contributed by atoms with E-state index >= 15 is 0 Å². The molecule has 0 aliphatic rings. The minimum absolute atomic E-state index is 0.0162. The average molecular weight is 299 g/mol. The fourth-order valence-electron chi connectivity index (χ4n) is 1.96. The molecule has 0 aliphatic heterocycles. The minimum atomic E-state index is -2.92. The summed E-state index contributed by atoms with van der Waals surface area (Å²) >= 11 is 0. The molecule has 2 nitrogen and oxygen atoms in total. The van der Waals surface area contributed by atoms with Crippen LogP contribution in [-0.2, 0) is 6.42 Å². The third-order valence-electron chi connectivity index (χ3n) is 2.97. The van der Waals surface area contributed by atoms with E-state index in [2.05, 4.69) is 4.74 Å². The molecule has 2 aromatic carbocycles. The number of halogens is 4. The van der Waals surface area contributed by atoms with Crippen molar-refractivity contribution in [1.29, 1.82) is 0 Å². The highest BCUT2D eigenvalue weighted by Crippen LogP contribution is 2.23. The van der Waals surface area contributed by atoms with E-state index in [4.69, 9.17) is 5.73 Å². The highest BCUT2D eigenvalue weighted by Gasteiger charge is 2.13. The Bertz CT molecular complexity index is 618. The van der Waals surface area contributed by atoms with E-state index in [0.717, 1.165) is 12.1 Å². The SMILES string of the molecule is NC(Cc1ccc(F)cc1F)c1cccc(OC(F)F)c1. The zero-order valence-corrected chi connectivity index (χ0v) is 10.9. The Balaban J connectivity index is 2.14. The summed E-state index contributed by atoms with van der Waals surface area (Å²) < 4.78 is 55.0. The lowest BCUT2D eigenvalue weighted by molar-refractivity contribution is -0.0499. The summed E-state index contributed by atoms with van der Waals surface area (Å²) in [6.45, 7) is -2.92. The summed E-state index contributed by atoms with van der Waals surface area (Å²) in [4.78, 5) is 0. The van der Waals surface area contributed by atoms with Crippen molar-refractivity contribution < 1.29 is 22.3 Å². The van der Waals surface area contributed by atoms with Crippen LogP contribution in [0.25, 0.3) is 0 Å². The predicted molar refractivity (Wildman–Crippen MR) is 70.1 cm³/mol. The zero-order valence-electron chi connectivity index (χ0n) is 10.9. The number of hydrogen-bond donors (Lipinski definition) is 1. The van der Waals surface area contributed by atoms with Gasteiger partial charge in [0.15, 0.2) is 0 Å². The fourth-order valence-corrected chi connectivity index (χ4v) is 1.96. The molecule has 0 heterocycles. The molecule has 0 spiro atoms. The Hall–Kier alpha value is -2.08. The predicted octanol–water partition coefficient (Wildman–Crippen LogP) is 3.81. The third kappa shape index (κ3) is 4.19. The molecule has 2 rings (SSSR count). The molecule has 1 atom stereocenters. The molecule has 0 aliphatic carbocycles.